The average Bonchev–Trinajstić information content (AvgIpc) is 2.54. The fourth-order valence-electron chi connectivity index (χ4n) is 2.90. The number of rotatable bonds is 4. The Balaban J connectivity index is 2.03. The minimum atomic E-state index is -0.127. The molecule has 0 atom stereocenters. The Labute approximate surface area is 127 Å². The van der Waals surface area contributed by atoms with Crippen molar-refractivity contribution in [1.29, 1.82) is 0 Å². The number of methoxy groups -OCH3 is 1. The molecule has 0 aliphatic carbocycles. The molecule has 114 valence electrons. The lowest BCUT2D eigenvalue weighted by molar-refractivity contribution is 0.175. The van der Waals surface area contributed by atoms with Crippen LogP contribution in [0.2, 0.25) is 0 Å². The molecule has 1 aromatic rings. The van der Waals surface area contributed by atoms with E-state index in [1.165, 1.54) is 37.9 Å². The zero-order chi connectivity index (χ0) is 15.1. The van der Waals surface area contributed by atoms with E-state index in [-0.39, 0.29) is 6.61 Å². The maximum absolute atomic E-state index is 8.85. The summed E-state index contributed by atoms with van der Waals surface area (Å²) in [5, 5.41) is 8.85. The number of aliphatic hydroxyl groups excluding tert-OH is 1. The number of aliphatic hydroxyl groups is 1. The molecule has 0 aromatic heterocycles. The highest BCUT2D eigenvalue weighted by Gasteiger charge is 2.17. The smallest absolute Gasteiger partial charge is 0.134 e. The summed E-state index contributed by atoms with van der Waals surface area (Å²) in [6, 6.07) is 6.15. The Bertz CT molecular complexity index is 508. The Kier molecular flexibility index (Phi) is 6.10. The molecule has 0 spiro atoms. The first-order valence-electron chi connectivity index (χ1n) is 7.75. The topological polar surface area (TPSA) is 32.7 Å². The first kappa shape index (κ1) is 15.9. The molecule has 1 aliphatic heterocycles. The fourth-order valence-corrected chi connectivity index (χ4v) is 2.90. The first-order chi connectivity index (χ1) is 10.3. The van der Waals surface area contributed by atoms with Crippen LogP contribution in [0.4, 0.5) is 0 Å². The number of likely N-dealkylation sites (tertiary alicyclic amines) is 1. The molecule has 1 heterocycles. The van der Waals surface area contributed by atoms with E-state index in [1.54, 1.807) is 7.11 Å². The van der Waals surface area contributed by atoms with Crippen molar-refractivity contribution in [2.75, 3.05) is 26.8 Å². The molecule has 0 bridgehead atoms. The second-order valence-electron chi connectivity index (χ2n) is 5.62. The second-order valence-corrected chi connectivity index (χ2v) is 5.62. The quantitative estimate of drug-likeness (QED) is 0.864. The van der Waals surface area contributed by atoms with Crippen LogP contribution in [0.3, 0.4) is 0 Å². The molecule has 0 saturated carbocycles. The van der Waals surface area contributed by atoms with E-state index in [4.69, 9.17) is 9.84 Å². The number of ether oxygens (including phenoxy) is 1. The molecule has 1 aromatic carbocycles. The van der Waals surface area contributed by atoms with E-state index < -0.39 is 0 Å². The molecular weight excluding hydrogens is 262 g/mol. The maximum Gasteiger partial charge on any atom is 0.134 e. The second kappa shape index (κ2) is 8.07. The zero-order valence-electron chi connectivity index (χ0n) is 13.1. The number of hydrogen-bond acceptors (Lipinski definition) is 3. The van der Waals surface area contributed by atoms with Gasteiger partial charge in [0.1, 0.15) is 12.4 Å². The number of piperidine rings is 1. The van der Waals surface area contributed by atoms with E-state index in [1.807, 2.05) is 6.07 Å². The van der Waals surface area contributed by atoms with Gasteiger partial charge in [0.2, 0.25) is 0 Å². The molecule has 21 heavy (non-hydrogen) atoms. The molecule has 2 rings (SSSR count). The van der Waals surface area contributed by atoms with Crippen LogP contribution in [0.25, 0.3) is 0 Å². The number of hydrogen-bond donors (Lipinski definition) is 1. The molecule has 1 aliphatic rings. The molecule has 1 fully saturated rings. The van der Waals surface area contributed by atoms with Crippen molar-refractivity contribution in [1.82, 2.24) is 4.90 Å². The molecule has 0 amide bonds. The minimum absolute atomic E-state index is 0.127. The van der Waals surface area contributed by atoms with Gasteiger partial charge in [-0.1, -0.05) is 31.3 Å². The van der Waals surface area contributed by atoms with Crippen molar-refractivity contribution >= 4 is 0 Å². The van der Waals surface area contributed by atoms with Crippen LogP contribution in [0.5, 0.6) is 5.75 Å². The van der Waals surface area contributed by atoms with Gasteiger partial charge in [0.15, 0.2) is 0 Å². The normalized spacial score (nSPS) is 16.3. The van der Waals surface area contributed by atoms with Gasteiger partial charge >= 0.3 is 0 Å². The Hall–Kier alpha value is -1.50. The molecule has 3 heteroatoms. The SMILES string of the molecule is CCC1CCN(Cc2ccc(OC)c(C#CCO)c2)CC1. The summed E-state index contributed by atoms with van der Waals surface area (Å²) in [7, 11) is 1.65. The number of nitrogens with zero attached hydrogens (tertiary/aromatic N) is 1. The Morgan fingerprint density at radius 3 is 2.71 bits per heavy atom. The van der Waals surface area contributed by atoms with Crippen LogP contribution in [0, 0.1) is 17.8 Å². The van der Waals surface area contributed by atoms with Crippen molar-refractivity contribution in [3.8, 4) is 17.6 Å². The highest BCUT2D eigenvalue weighted by molar-refractivity contribution is 5.48. The van der Waals surface area contributed by atoms with Gasteiger partial charge in [0.25, 0.3) is 0 Å². The lowest BCUT2D eigenvalue weighted by atomic mass is 9.94. The van der Waals surface area contributed by atoms with E-state index >= 15 is 0 Å². The Morgan fingerprint density at radius 1 is 1.33 bits per heavy atom. The largest absolute Gasteiger partial charge is 0.495 e. The van der Waals surface area contributed by atoms with Crippen molar-refractivity contribution in [3.63, 3.8) is 0 Å². The van der Waals surface area contributed by atoms with Crippen molar-refractivity contribution < 1.29 is 9.84 Å². The van der Waals surface area contributed by atoms with E-state index in [2.05, 4.69) is 35.8 Å². The highest BCUT2D eigenvalue weighted by Crippen LogP contribution is 2.23. The lowest BCUT2D eigenvalue weighted by Gasteiger charge is -2.31. The van der Waals surface area contributed by atoms with Crippen molar-refractivity contribution in [3.05, 3.63) is 29.3 Å². The summed E-state index contributed by atoms with van der Waals surface area (Å²) < 4.78 is 5.32. The van der Waals surface area contributed by atoms with Gasteiger partial charge in [-0.15, -0.1) is 0 Å². The van der Waals surface area contributed by atoms with E-state index in [9.17, 15) is 0 Å². The van der Waals surface area contributed by atoms with Crippen LogP contribution in [0.1, 0.15) is 37.3 Å². The monoisotopic (exact) mass is 287 g/mol. The average molecular weight is 287 g/mol. The zero-order valence-corrected chi connectivity index (χ0v) is 13.1. The maximum atomic E-state index is 8.85. The Morgan fingerprint density at radius 2 is 2.10 bits per heavy atom. The molecule has 1 N–H and O–H groups in total. The van der Waals surface area contributed by atoms with Crippen LogP contribution < -0.4 is 4.74 Å². The summed E-state index contributed by atoms with van der Waals surface area (Å²) in [6.45, 7) is 5.49. The van der Waals surface area contributed by atoms with E-state index in [0.29, 0.717) is 0 Å². The van der Waals surface area contributed by atoms with Gasteiger partial charge in [-0.05, 0) is 49.5 Å². The van der Waals surface area contributed by atoms with E-state index in [0.717, 1.165) is 23.8 Å². The summed E-state index contributed by atoms with van der Waals surface area (Å²) in [6.07, 6.45) is 3.92. The third kappa shape index (κ3) is 4.49. The predicted molar refractivity (Wildman–Crippen MR) is 85.2 cm³/mol. The molecule has 1 saturated heterocycles. The third-order valence-corrected chi connectivity index (χ3v) is 4.26. The summed E-state index contributed by atoms with van der Waals surface area (Å²) in [4.78, 5) is 2.51. The molecule has 0 unspecified atom stereocenters. The highest BCUT2D eigenvalue weighted by atomic mass is 16.5. The minimum Gasteiger partial charge on any atom is -0.495 e. The van der Waals surface area contributed by atoms with Gasteiger partial charge in [0, 0.05) is 6.54 Å². The third-order valence-electron chi connectivity index (χ3n) is 4.26. The van der Waals surface area contributed by atoms with Crippen molar-refractivity contribution in [2.24, 2.45) is 5.92 Å². The molecule has 3 nitrogen and oxygen atoms in total. The van der Waals surface area contributed by atoms with Gasteiger partial charge in [-0.3, -0.25) is 4.90 Å². The van der Waals surface area contributed by atoms with Gasteiger partial charge in [0.05, 0.1) is 12.7 Å². The molecule has 0 radical (unpaired) electrons. The van der Waals surface area contributed by atoms with Crippen LogP contribution in [0.15, 0.2) is 18.2 Å². The summed E-state index contributed by atoms with van der Waals surface area (Å²) in [5.41, 5.74) is 2.11. The van der Waals surface area contributed by atoms with Crippen LogP contribution in [-0.2, 0) is 6.54 Å². The lowest BCUT2D eigenvalue weighted by Crippen LogP contribution is -2.33. The summed E-state index contributed by atoms with van der Waals surface area (Å²) in [5.74, 6) is 7.33. The van der Waals surface area contributed by atoms with Crippen LogP contribution in [-0.4, -0.2) is 36.8 Å². The standard InChI is InChI=1S/C18H25NO2/c1-3-15-8-10-19(11-9-15)14-16-6-7-18(21-2)17(13-16)5-4-12-20/h6-7,13,15,20H,3,8-12,14H2,1-2H3. The van der Waals surface area contributed by atoms with Gasteiger partial charge in [-0.25, -0.2) is 0 Å². The van der Waals surface area contributed by atoms with Gasteiger partial charge in [-0.2, -0.15) is 0 Å². The van der Waals surface area contributed by atoms with Gasteiger partial charge < -0.3 is 9.84 Å². The van der Waals surface area contributed by atoms with Crippen molar-refractivity contribution in [2.45, 2.75) is 32.7 Å². The predicted octanol–water partition coefficient (Wildman–Crippen LogP) is 2.66. The molecular formula is C18H25NO2. The van der Waals surface area contributed by atoms with Crippen LogP contribution >= 0.6 is 0 Å². The fraction of sp³-hybridized carbons (Fsp3) is 0.556. The number of benzene rings is 1. The first-order valence-corrected chi connectivity index (χ1v) is 7.75. The summed E-state index contributed by atoms with van der Waals surface area (Å²) >= 11 is 0.